The molecule has 0 radical (unpaired) electrons. The summed E-state index contributed by atoms with van der Waals surface area (Å²) in [7, 11) is 0. The van der Waals surface area contributed by atoms with Crippen LogP contribution in [0.1, 0.15) is 0 Å². The molecule has 2 amide bonds. The van der Waals surface area contributed by atoms with E-state index in [1.807, 2.05) is 30.3 Å². The molecule has 0 spiro atoms. The third-order valence-electron chi connectivity index (χ3n) is 4.02. The molecule has 2 N–H and O–H groups in total. The van der Waals surface area contributed by atoms with E-state index in [0.29, 0.717) is 22.7 Å². The topological polar surface area (TPSA) is 95.7 Å². The number of rotatable bonds is 5. The van der Waals surface area contributed by atoms with Gasteiger partial charge in [-0.1, -0.05) is 18.2 Å². The number of benzene rings is 2. The molecule has 0 aliphatic carbocycles. The van der Waals surface area contributed by atoms with E-state index in [0.717, 1.165) is 10.5 Å². The summed E-state index contributed by atoms with van der Waals surface area (Å²) in [6, 6.07) is 14.8. The van der Waals surface area contributed by atoms with Crippen molar-refractivity contribution in [2.45, 2.75) is 0 Å². The summed E-state index contributed by atoms with van der Waals surface area (Å²) in [4.78, 5) is 29.4. The van der Waals surface area contributed by atoms with Crippen molar-refractivity contribution in [3.8, 4) is 11.5 Å². The van der Waals surface area contributed by atoms with Gasteiger partial charge in [0, 0.05) is 23.4 Å². The summed E-state index contributed by atoms with van der Waals surface area (Å²) in [6.07, 6.45) is 1.22. The molecule has 0 unspecified atom stereocenters. The Balaban J connectivity index is 1.59. The van der Waals surface area contributed by atoms with Gasteiger partial charge in [0.05, 0.1) is 13.2 Å². The van der Waals surface area contributed by atoms with Crippen LogP contribution in [0.15, 0.2) is 64.7 Å². The van der Waals surface area contributed by atoms with Crippen LogP contribution in [0.5, 0.6) is 0 Å². The summed E-state index contributed by atoms with van der Waals surface area (Å²) in [5.74, 6) is -0.399. The maximum Gasteiger partial charge on any atom is 0.277 e. The van der Waals surface area contributed by atoms with Gasteiger partial charge in [-0.15, -0.1) is 0 Å². The number of nitrogens with one attached hydrogen (secondary N) is 1. The summed E-state index contributed by atoms with van der Waals surface area (Å²) in [6.45, 7) is -0.300. The van der Waals surface area contributed by atoms with Crippen molar-refractivity contribution in [1.29, 1.82) is 0 Å². The minimum absolute atomic E-state index is 0.0269. The van der Waals surface area contributed by atoms with Crippen LogP contribution >= 0.6 is 0 Å². The van der Waals surface area contributed by atoms with Crippen LogP contribution in [0.3, 0.4) is 0 Å². The van der Waals surface area contributed by atoms with Crippen molar-refractivity contribution in [2.75, 3.05) is 18.5 Å². The molecule has 0 bridgehead atoms. The van der Waals surface area contributed by atoms with Gasteiger partial charge in [0.15, 0.2) is 5.58 Å². The zero-order chi connectivity index (χ0) is 18.1. The quantitative estimate of drug-likeness (QED) is 0.685. The molecule has 4 rings (SSSR count). The molecule has 7 heteroatoms. The van der Waals surface area contributed by atoms with Gasteiger partial charge in [0.1, 0.15) is 11.2 Å². The Hall–Kier alpha value is -3.45. The van der Waals surface area contributed by atoms with E-state index in [-0.39, 0.29) is 18.8 Å². The van der Waals surface area contributed by atoms with Crippen molar-refractivity contribution < 1.29 is 19.1 Å². The normalized spacial score (nSPS) is 14.2. The molecule has 26 heavy (non-hydrogen) atoms. The molecule has 0 saturated heterocycles. The van der Waals surface area contributed by atoms with Crippen molar-refractivity contribution in [2.24, 2.45) is 0 Å². The van der Waals surface area contributed by atoms with Crippen molar-refractivity contribution >= 4 is 28.6 Å². The van der Waals surface area contributed by atoms with Crippen LogP contribution < -0.4 is 5.32 Å². The highest BCUT2D eigenvalue weighted by Gasteiger charge is 2.30. The van der Waals surface area contributed by atoms with Gasteiger partial charge in [-0.3, -0.25) is 14.5 Å². The first-order valence-electron chi connectivity index (χ1n) is 8.07. The lowest BCUT2D eigenvalue weighted by molar-refractivity contribution is -0.137. The molecule has 1 aliphatic heterocycles. The minimum atomic E-state index is -0.466. The van der Waals surface area contributed by atoms with E-state index < -0.39 is 11.8 Å². The number of oxazole rings is 1. The molecule has 0 fully saturated rings. The van der Waals surface area contributed by atoms with E-state index in [9.17, 15) is 9.59 Å². The fraction of sp³-hybridized carbons (Fsp3) is 0.105. The second-order valence-corrected chi connectivity index (χ2v) is 5.77. The zero-order valence-electron chi connectivity index (χ0n) is 13.7. The Morgan fingerprint density at radius 1 is 1.12 bits per heavy atom. The molecule has 0 saturated carbocycles. The number of aromatic nitrogens is 1. The molecule has 3 aromatic rings. The molecule has 7 nitrogen and oxygen atoms in total. The van der Waals surface area contributed by atoms with Crippen LogP contribution in [0.2, 0.25) is 0 Å². The third kappa shape index (κ3) is 2.84. The first-order chi connectivity index (χ1) is 12.7. The summed E-state index contributed by atoms with van der Waals surface area (Å²) in [5.41, 5.74) is 2.90. The number of fused-ring (bicyclic) bond motifs is 1. The average Bonchev–Trinajstić information content (AvgIpc) is 3.19. The van der Waals surface area contributed by atoms with Crippen molar-refractivity contribution in [1.82, 2.24) is 9.88 Å². The molecular weight excluding hydrogens is 334 g/mol. The number of nitrogens with zero attached hydrogens (tertiary/aromatic N) is 2. The predicted octanol–water partition coefficient (Wildman–Crippen LogP) is 2.15. The first kappa shape index (κ1) is 16.0. The van der Waals surface area contributed by atoms with Gasteiger partial charge in [-0.2, -0.15) is 0 Å². The second-order valence-electron chi connectivity index (χ2n) is 5.77. The standard InChI is InChI=1S/C19H15N3O4/c23-9-8-22-17(24)11-15(19(22)25)20-13-6-7-14-16(10-13)26-18(21-14)12-4-2-1-3-5-12/h1-7,10-11,20,23H,8-9H2. The maximum absolute atomic E-state index is 12.2. The highest BCUT2D eigenvalue weighted by Crippen LogP contribution is 2.27. The molecule has 1 aliphatic rings. The average molecular weight is 349 g/mol. The Bertz CT molecular complexity index is 1020. The monoisotopic (exact) mass is 349 g/mol. The lowest BCUT2D eigenvalue weighted by Crippen LogP contribution is -2.34. The number of aliphatic hydroxyl groups is 1. The van der Waals surface area contributed by atoms with Crippen LogP contribution in [-0.2, 0) is 9.59 Å². The molecule has 0 atom stereocenters. The number of amides is 2. The molecular formula is C19H15N3O4. The highest BCUT2D eigenvalue weighted by molar-refractivity contribution is 6.17. The Morgan fingerprint density at radius 3 is 2.69 bits per heavy atom. The Kier molecular flexibility index (Phi) is 3.98. The summed E-state index contributed by atoms with van der Waals surface area (Å²) in [5, 5.41) is 11.9. The number of hydrogen-bond acceptors (Lipinski definition) is 6. The number of carbonyl (C=O) groups is 2. The lowest BCUT2D eigenvalue weighted by atomic mass is 10.2. The lowest BCUT2D eigenvalue weighted by Gasteiger charge is -2.13. The zero-order valence-corrected chi connectivity index (χ0v) is 13.7. The number of aliphatic hydroxyl groups excluding tert-OH is 1. The van der Waals surface area contributed by atoms with E-state index in [1.54, 1.807) is 18.2 Å². The summed E-state index contributed by atoms with van der Waals surface area (Å²) >= 11 is 0. The fourth-order valence-electron chi connectivity index (χ4n) is 2.77. The van der Waals surface area contributed by atoms with Crippen LogP contribution in [-0.4, -0.2) is 40.0 Å². The Morgan fingerprint density at radius 2 is 1.92 bits per heavy atom. The maximum atomic E-state index is 12.2. The summed E-state index contributed by atoms with van der Waals surface area (Å²) < 4.78 is 5.80. The van der Waals surface area contributed by atoms with E-state index in [2.05, 4.69) is 10.3 Å². The van der Waals surface area contributed by atoms with Crippen LogP contribution in [0.4, 0.5) is 5.69 Å². The van der Waals surface area contributed by atoms with Crippen molar-refractivity contribution in [3.63, 3.8) is 0 Å². The van der Waals surface area contributed by atoms with Gasteiger partial charge < -0.3 is 14.8 Å². The van der Waals surface area contributed by atoms with Crippen LogP contribution in [0, 0.1) is 0 Å². The van der Waals surface area contributed by atoms with E-state index in [4.69, 9.17) is 9.52 Å². The minimum Gasteiger partial charge on any atom is -0.436 e. The van der Waals surface area contributed by atoms with Gasteiger partial charge in [-0.25, -0.2) is 4.98 Å². The number of imide groups is 1. The third-order valence-corrected chi connectivity index (χ3v) is 4.02. The van der Waals surface area contributed by atoms with Crippen LogP contribution in [0.25, 0.3) is 22.6 Å². The molecule has 2 aromatic carbocycles. The molecule has 2 heterocycles. The highest BCUT2D eigenvalue weighted by atomic mass is 16.3. The Labute approximate surface area is 148 Å². The van der Waals surface area contributed by atoms with E-state index in [1.165, 1.54) is 6.08 Å². The van der Waals surface area contributed by atoms with Gasteiger partial charge >= 0.3 is 0 Å². The number of carbonyl (C=O) groups excluding carboxylic acids is 2. The largest absolute Gasteiger partial charge is 0.436 e. The number of hydrogen-bond donors (Lipinski definition) is 2. The molecule has 1 aromatic heterocycles. The number of anilines is 1. The van der Waals surface area contributed by atoms with Gasteiger partial charge in [0.2, 0.25) is 5.89 Å². The first-order valence-corrected chi connectivity index (χ1v) is 8.07. The van der Waals surface area contributed by atoms with Crippen molar-refractivity contribution in [3.05, 3.63) is 60.3 Å². The van der Waals surface area contributed by atoms with Gasteiger partial charge in [-0.05, 0) is 24.3 Å². The van der Waals surface area contributed by atoms with E-state index >= 15 is 0 Å². The SMILES string of the molecule is O=C1C=C(Nc2ccc3nc(-c4ccccc4)oc3c2)C(=O)N1CCO. The predicted molar refractivity (Wildman–Crippen MR) is 95.0 cm³/mol. The second kappa shape index (κ2) is 6.45. The fourth-order valence-corrected chi connectivity index (χ4v) is 2.77. The molecule has 130 valence electrons. The van der Waals surface area contributed by atoms with Gasteiger partial charge in [0.25, 0.3) is 11.8 Å². The smallest absolute Gasteiger partial charge is 0.277 e. The number of β-amino-alcohol motifs (C(OH)–C–C–N with tert-alkyl or cyclic N) is 1.